The van der Waals surface area contributed by atoms with E-state index in [1.807, 2.05) is 26.8 Å². The molecule has 1 aromatic heterocycles. The zero-order valence-corrected chi connectivity index (χ0v) is 13.8. The summed E-state index contributed by atoms with van der Waals surface area (Å²) in [5.41, 5.74) is 0.369. The van der Waals surface area contributed by atoms with Gasteiger partial charge in [-0.1, -0.05) is 5.16 Å². The summed E-state index contributed by atoms with van der Waals surface area (Å²) in [6.45, 7) is 8.91. The van der Waals surface area contributed by atoms with Crippen molar-refractivity contribution in [1.29, 1.82) is 0 Å². The van der Waals surface area contributed by atoms with Gasteiger partial charge < -0.3 is 24.4 Å². The highest BCUT2D eigenvalue weighted by Gasteiger charge is 2.36. The lowest BCUT2D eigenvalue weighted by atomic mass is 10.2. The number of fused-ring (bicyclic) bond motifs is 1. The average Bonchev–Trinajstić information content (AvgIpc) is 3.12. The van der Waals surface area contributed by atoms with Crippen LogP contribution in [-0.2, 0) is 11.3 Å². The quantitative estimate of drug-likeness (QED) is 0.877. The number of nitrogens with zero attached hydrogens (tertiary/aromatic N) is 4. The molecule has 1 N–H and O–H groups in total. The molecule has 8 heteroatoms. The van der Waals surface area contributed by atoms with Gasteiger partial charge in [-0.05, 0) is 20.8 Å². The monoisotopic (exact) mass is 321 g/mol. The van der Waals surface area contributed by atoms with Gasteiger partial charge in [-0.25, -0.2) is 4.79 Å². The Bertz CT molecular complexity index is 578. The molecule has 0 saturated carbocycles. The number of piperazine rings is 1. The van der Waals surface area contributed by atoms with E-state index in [2.05, 4.69) is 20.4 Å². The topological polar surface area (TPSA) is 83.2 Å². The molecule has 2 aliphatic rings. The second-order valence-electron chi connectivity index (χ2n) is 6.78. The SMILES string of the molecule is CC(C)(C)OC(=O)N1CCN2C(NCc3ccon3)=NCC2C1. The van der Waals surface area contributed by atoms with Gasteiger partial charge in [-0.3, -0.25) is 4.99 Å². The molecule has 126 valence electrons. The maximum absolute atomic E-state index is 12.2. The smallest absolute Gasteiger partial charge is 0.410 e. The minimum Gasteiger partial charge on any atom is -0.444 e. The molecule has 1 aromatic rings. The zero-order valence-electron chi connectivity index (χ0n) is 13.8. The van der Waals surface area contributed by atoms with Crippen molar-refractivity contribution >= 4 is 12.1 Å². The Balaban J connectivity index is 1.52. The minimum absolute atomic E-state index is 0.205. The van der Waals surface area contributed by atoms with E-state index in [4.69, 9.17) is 9.26 Å². The van der Waals surface area contributed by atoms with Crippen LogP contribution in [0.5, 0.6) is 0 Å². The highest BCUT2D eigenvalue weighted by atomic mass is 16.6. The van der Waals surface area contributed by atoms with Crippen LogP contribution >= 0.6 is 0 Å². The fourth-order valence-corrected chi connectivity index (χ4v) is 2.72. The molecule has 2 aliphatic heterocycles. The molecule has 0 aliphatic carbocycles. The minimum atomic E-state index is -0.468. The predicted octanol–water partition coefficient (Wildman–Crippen LogP) is 1.06. The first-order valence-corrected chi connectivity index (χ1v) is 7.84. The number of aromatic nitrogens is 1. The molecule has 0 aromatic carbocycles. The van der Waals surface area contributed by atoms with E-state index in [1.165, 1.54) is 0 Å². The number of amides is 1. The van der Waals surface area contributed by atoms with Crippen LogP contribution < -0.4 is 5.32 Å². The van der Waals surface area contributed by atoms with Gasteiger partial charge in [0.25, 0.3) is 0 Å². The van der Waals surface area contributed by atoms with Crippen molar-refractivity contribution < 1.29 is 14.1 Å². The molecular formula is C15H23N5O3. The molecular weight excluding hydrogens is 298 g/mol. The van der Waals surface area contributed by atoms with Crippen LogP contribution in [0, 0.1) is 0 Å². The van der Waals surface area contributed by atoms with E-state index in [9.17, 15) is 4.79 Å². The van der Waals surface area contributed by atoms with E-state index < -0.39 is 5.60 Å². The summed E-state index contributed by atoms with van der Waals surface area (Å²) in [5.74, 6) is 0.863. The van der Waals surface area contributed by atoms with Gasteiger partial charge in [-0.2, -0.15) is 0 Å². The molecule has 3 rings (SSSR count). The summed E-state index contributed by atoms with van der Waals surface area (Å²) in [6.07, 6.45) is 1.30. The van der Waals surface area contributed by atoms with Crippen LogP contribution in [0.25, 0.3) is 0 Å². The van der Waals surface area contributed by atoms with Crippen molar-refractivity contribution in [2.24, 2.45) is 4.99 Å². The first-order chi connectivity index (χ1) is 10.9. The van der Waals surface area contributed by atoms with Crippen LogP contribution in [0.3, 0.4) is 0 Å². The Labute approximate surface area is 135 Å². The van der Waals surface area contributed by atoms with Crippen molar-refractivity contribution in [3.05, 3.63) is 18.0 Å². The molecule has 1 atom stereocenters. The van der Waals surface area contributed by atoms with E-state index in [1.54, 1.807) is 11.2 Å². The number of carbonyl (C=O) groups excluding carboxylic acids is 1. The molecule has 0 bridgehead atoms. The number of ether oxygens (including phenoxy) is 1. The Morgan fingerprint density at radius 1 is 1.48 bits per heavy atom. The number of guanidine groups is 1. The molecule has 1 amide bonds. The number of hydrogen-bond donors (Lipinski definition) is 1. The Hall–Kier alpha value is -2.25. The lowest BCUT2D eigenvalue weighted by Gasteiger charge is -2.39. The number of rotatable bonds is 2. The molecule has 8 nitrogen and oxygen atoms in total. The third-order valence-corrected chi connectivity index (χ3v) is 3.78. The van der Waals surface area contributed by atoms with Gasteiger partial charge in [0.1, 0.15) is 17.6 Å². The van der Waals surface area contributed by atoms with Crippen LogP contribution in [0.2, 0.25) is 0 Å². The highest BCUT2D eigenvalue weighted by molar-refractivity contribution is 5.82. The first-order valence-electron chi connectivity index (χ1n) is 7.84. The van der Waals surface area contributed by atoms with Crippen molar-refractivity contribution in [2.75, 3.05) is 26.2 Å². The van der Waals surface area contributed by atoms with Crippen LogP contribution in [-0.4, -0.2) is 64.8 Å². The summed E-state index contributed by atoms with van der Waals surface area (Å²) >= 11 is 0. The first kappa shape index (κ1) is 15.6. The lowest BCUT2D eigenvalue weighted by Crippen LogP contribution is -2.57. The Morgan fingerprint density at radius 3 is 3.00 bits per heavy atom. The van der Waals surface area contributed by atoms with E-state index in [0.29, 0.717) is 26.2 Å². The Kier molecular flexibility index (Phi) is 4.14. The van der Waals surface area contributed by atoms with Crippen molar-refractivity contribution in [3.63, 3.8) is 0 Å². The number of carbonyl (C=O) groups is 1. The van der Waals surface area contributed by atoms with E-state index >= 15 is 0 Å². The maximum Gasteiger partial charge on any atom is 0.410 e. The van der Waals surface area contributed by atoms with Gasteiger partial charge in [0.05, 0.1) is 19.1 Å². The number of aliphatic imine (C=N–C) groups is 1. The van der Waals surface area contributed by atoms with E-state index in [0.717, 1.165) is 18.2 Å². The molecule has 1 unspecified atom stereocenters. The molecule has 0 radical (unpaired) electrons. The van der Waals surface area contributed by atoms with Gasteiger partial charge in [-0.15, -0.1) is 0 Å². The second-order valence-corrected chi connectivity index (χ2v) is 6.78. The molecule has 3 heterocycles. The fraction of sp³-hybridized carbons (Fsp3) is 0.667. The van der Waals surface area contributed by atoms with Crippen molar-refractivity contribution in [2.45, 2.75) is 39.0 Å². The van der Waals surface area contributed by atoms with Crippen LogP contribution in [0.15, 0.2) is 21.8 Å². The summed E-state index contributed by atoms with van der Waals surface area (Å²) in [4.78, 5) is 20.7. The fourth-order valence-electron chi connectivity index (χ4n) is 2.72. The number of hydrogen-bond acceptors (Lipinski definition) is 7. The van der Waals surface area contributed by atoms with Gasteiger partial charge in [0.2, 0.25) is 0 Å². The summed E-state index contributed by atoms with van der Waals surface area (Å²) in [7, 11) is 0. The third-order valence-electron chi connectivity index (χ3n) is 3.78. The van der Waals surface area contributed by atoms with Gasteiger partial charge in [0, 0.05) is 25.7 Å². The summed E-state index contributed by atoms with van der Waals surface area (Å²) in [5, 5.41) is 7.15. The maximum atomic E-state index is 12.2. The summed E-state index contributed by atoms with van der Waals surface area (Å²) in [6, 6.07) is 2.02. The Morgan fingerprint density at radius 2 is 2.30 bits per heavy atom. The molecule has 23 heavy (non-hydrogen) atoms. The number of nitrogens with one attached hydrogen (secondary N) is 1. The highest BCUT2D eigenvalue weighted by Crippen LogP contribution is 2.18. The van der Waals surface area contributed by atoms with Crippen LogP contribution in [0.4, 0.5) is 4.79 Å². The predicted molar refractivity (Wildman–Crippen MR) is 83.9 cm³/mol. The molecule has 0 spiro atoms. The van der Waals surface area contributed by atoms with Crippen molar-refractivity contribution in [1.82, 2.24) is 20.3 Å². The van der Waals surface area contributed by atoms with Gasteiger partial charge >= 0.3 is 6.09 Å². The zero-order chi connectivity index (χ0) is 16.4. The van der Waals surface area contributed by atoms with Crippen molar-refractivity contribution in [3.8, 4) is 0 Å². The largest absolute Gasteiger partial charge is 0.444 e. The second kappa shape index (κ2) is 6.10. The average molecular weight is 321 g/mol. The normalized spacial score (nSPS) is 21.0. The standard InChI is InChI=1S/C15H23N5O3/c1-15(2,3)23-14(21)19-5-6-20-12(10-19)9-17-13(20)16-8-11-4-7-22-18-11/h4,7,12H,5-6,8-10H2,1-3H3,(H,16,17). The molecule has 1 fully saturated rings. The lowest BCUT2D eigenvalue weighted by molar-refractivity contribution is 0.0137. The van der Waals surface area contributed by atoms with Gasteiger partial charge in [0.15, 0.2) is 5.96 Å². The van der Waals surface area contributed by atoms with Crippen LogP contribution in [0.1, 0.15) is 26.5 Å². The van der Waals surface area contributed by atoms with E-state index in [-0.39, 0.29) is 12.1 Å². The summed E-state index contributed by atoms with van der Waals surface area (Å²) < 4.78 is 10.3. The molecule has 1 saturated heterocycles. The third kappa shape index (κ3) is 3.75.